The maximum absolute atomic E-state index is 6.32. The zero-order valence-electron chi connectivity index (χ0n) is 12.1. The zero-order valence-corrected chi connectivity index (χ0v) is 13.6. The lowest BCUT2D eigenvalue weighted by Crippen LogP contribution is -2.42. The maximum Gasteiger partial charge on any atom is 0.0931 e. The monoisotopic (exact) mass is 304 g/mol. The van der Waals surface area contributed by atoms with Crippen LogP contribution in [0.3, 0.4) is 0 Å². The van der Waals surface area contributed by atoms with Gasteiger partial charge in [-0.3, -0.25) is 4.90 Å². The van der Waals surface area contributed by atoms with Gasteiger partial charge in [0.25, 0.3) is 0 Å². The number of hydrogen-bond donors (Lipinski definition) is 1. The largest absolute Gasteiger partial charge is 0.380 e. The van der Waals surface area contributed by atoms with Crippen LogP contribution in [0.15, 0.2) is 12.1 Å². The minimum absolute atomic E-state index is 0.122. The van der Waals surface area contributed by atoms with Gasteiger partial charge >= 0.3 is 0 Å². The van der Waals surface area contributed by atoms with Gasteiger partial charge in [-0.1, -0.05) is 25.4 Å². The minimum atomic E-state index is 0.122. The van der Waals surface area contributed by atoms with E-state index in [1.165, 1.54) is 4.88 Å². The molecule has 1 heterocycles. The van der Waals surface area contributed by atoms with Crippen molar-refractivity contribution in [3.05, 3.63) is 21.3 Å². The van der Waals surface area contributed by atoms with Crippen molar-refractivity contribution in [1.29, 1.82) is 0 Å². The highest BCUT2D eigenvalue weighted by molar-refractivity contribution is 7.16. The lowest BCUT2D eigenvalue weighted by Gasteiger charge is -2.33. The third kappa shape index (κ3) is 5.04. The van der Waals surface area contributed by atoms with Crippen LogP contribution in [0.25, 0.3) is 0 Å². The van der Waals surface area contributed by atoms with Gasteiger partial charge in [0.1, 0.15) is 0 Å². The van der Waals surface area contributed by atoms with Crippen LogP contribution in [0.5, 0.6) is 0 Å². The molecule has 0 fully saturated rings. The first-order valence-corrected chi connectivity index (χ1v) is 8.16. The van der Waals surface area contributed by atoms with Crippen molar-refractivity contribution in [1.82, 2.24) is 4.90 Å². The first-order valence-electron chi connectivity index (χ1n) is 6.96. The van der Waals surface area contributed by atoms with Crippen LogP contribution in [-0.4, -0.2) is 37.2 Å². The highest BCUT2D eigenvalue weighted by atomic mass is 35.5. The Bertz CT molecular complexity index is 359. The Balaban J connectivity index is 2.81. The van der Waals surface area contributed by atoms with Crippen molar-refractivity contribution in [2.24, 2.45) is 5.73 Å². The molecule has 5 heteroatoms. The molecule has 0 saturated carbocycles. The fourth-order valence-corrected chi connectivity index (χ4v) is 3.46. The number of rotatable bonds is 9. The predicted molar refractivity (Wildman–Crippen MR) is 84.1 cm³/mol. The standard InChI is InChI=1S/C14H25ClN2OS/c1-4-11(16)14(12-7-8-13(15)19-12)17(5-2)9-10-18-6-3/h7-8,11,14H,4-6,9-10,16H2,1-3H3. The highest BCUT2D eigenvalue weighted by Gasteiger charge is 2.25. The van der Waals surface area contributed by atoms with Gasteiger partial charge in [-0.15, -0.1) is 11.3 Å². The smallest absolute Gasteiger partial charge is 0.0931 e. The van der Waals surface area contributed by atoms with Gasteiger partial charge in [0.2, 0.25) is 0 Å². The molecule has 1 rings (SSSR count). The van der Waals surface area contributed by atoms with Gasteiger partial charge in [0.15, 0.2) is 0 Å². The Kier molecular flexibility index (Phi) is 7.95. The first kappa shape index (κ1) is 16.9. The van der Waals surface area contributed by atoms with Gasteiger partial charge in [0, 0.05) is 24.1 Å². The molecule has 1 aromatic heterocycles. The van der Waals surface area contributed by atoms with Crippen LogP contribution in [0.1, 0.15) is 38.1 Å². The molecule has 0 aliphatic rings. The van der Waals surface area contributed by atoms with Crippen LogP contribution in [0.2, 0.25) is 4.34 Å². The SMILES string of the molecule is CCOCCN(CC)C(c1ccc(Cl)s1)C(N)CC. The number of halogens is 1. The number of nitrogens with zero attached hydrogens (tertiary/aromatic N) is 1. The number of nitrogens with two attached hydrogens (primary N) is 1. The maximum atomic E-state index is 6.32. The van der Waals surface area contributed by atoms with Crippen LogP contribution in [0, 0.1) is 0 Å². The van der Waals surface area contributed by atoms with E-state index in [9.17, 15) is 0 Å². The van der Waals surface area contributed by atoms with Gasteiger partial charge in [-0.2, -0.15) is 0 Å². The number of ether oxygens (including phenoxy) is 1. The quantitative estimate of drug-likeness (QED) is 0.709. The Labute approximate surface area is 125 Å². The van der Waals surface area contributed by atoms with E-state index in [0.717, 1.165) is 37.1 Å². The van der Waals surface area contributed by atoms with Gasteiger partial charge in [-0.05, 0) is 32.0 Å². The molecule has 0 bridgehead atoms. The lowest BCUT2D eigenvalue weighted by molar-refractivity contribution is 0.0898. The molecular weight excluding hydrogens is 280 g/mol. The second-order valence-electron chi connectivity index (χ2n) is 4.48. The van der Waals surface area contributed by atoms with E-state index in [1.54, 1.807) is 11.3 Å². The summed E-state index contributed by atoms with van der Waals surface area (Å²) in [7, 11) is 0. The molecule has 2 N–H and O–H groups in total. The second-order valence-corrected chi connectivity index (χ2v) is 6.23. The molecule has 0 saturated heterocycles. The van der Waals surface area contributed by atoms with E-state index in [2.05, 4.69) is 24.8 Å². The minimum Gasteiger partial charge on any atom is -0.380 e. The van der Waals surface area contributed by atoms with E-state index in [0.29, 0.717) is 0 Å². The molecule has 0 aromatic carbocycles. The molecule has 2 unspecified atom stereocenters. The molecule has 2 atom stereocenters. The summed E-state index contributed by atoms with van der Waals surface area (Å²) in [6, 6.07) is 4.40. The molecule has 0 aliphatic carbocycles. The second kappa shape index (κ2) is 8.93. The molecular formula is C14H25ClN2OS. The van der Waals surface area contributed by atoms with Crippen LogP contribution in [0.4, 0.5) is 0 Å². The third-order valence-corrected chi connectivity index (χ3v) is 4.59. The predicted octanol–water partition coefficient (Wildman–Crippen LogP) is 3.54. The van der Waals surface area contributed by atoms with Crippen molar-refractivity contribution in [2.75, 3.05) is 26.3 Å². The van der Waals surface area contributed by atoms with Crippen molar-refractivity contribution < 1.29 is 4.74 Å². The molecule has 110 valence electrons. The van der Waals surface area contributed by atoms with E-state index < -0.39 is 0 Å². The van der Waals surface area contributed by atoms with Crippen molar-refractivity contribution in [3.63, 3.8) is 0 Å². The summed E-state index contributed by atoms with van der Waals surface area (Å²) in [4.78, 5) is 3.63. The molecule has 0 aliphatic heterocycles. The van der Waals surface area contributed by atoms with Crippen molar-refractivity contribution >= 4 is 22.9 Å². The Morgan fingerprint density at radius 1 is 1.37 bits per heavy atom. The van der Waals surface area contributed by atoms with Crippen LogP contribution >= 0.6 is 22.9 Å². The fraction of sp³-hybridized carbons (Fsp3) is 0.714. The highest BCUT2D eigenvalue weighted by Crippen LogP contribution is 2.32. The summed E-state index contributed by atoms with van der Waals surface area (Å²) < 4.78 is 6.29. The summed E-state index contributed by atoms with van der Waals surface area (Å²) in [5.41, 5.74) is 6.32. The molecule has 19 heavy (non-hydrogen) atoms. The van der Waals surface area contributed by atoms with Crippen LogP contribution in [-0.2, 0) is 4.74 Å². The summed E-state index contributed by atoms with van der Waals surface area (Å²) >= 11 is 7.69. The summed E-state index contributed by atoms with van der Waals surface area (Å²) in [5, 5.41) is 0. The number of hydrogen-bond acceptors (Lipinski definition) is 4. The lowest BCUT2D eigenvalue weighted by atomic mass is 10.0. The Hall–Kier alpha value is -0.130. The molecule has 0 radical (unpaired) electrons. The summed E-state index contributed by atoms with van der Waals surface area (Å²) in [6.07, 6.45) is 0.950. The topological polar surface area (TPSA) is 38.5 Å². The van der Waals surface area contributed by atoms with Crippen molar-refractivity contribution in [3.8, 4) is 0 Å². The first-order chi connectivity index (χ1) is 9.13. The Morgan fingerprint density at radius 3 is 2.58 bits per heavy atom. The molecule has 0 spiro atoms. The normalized spacial score (nSPS) is 14.8. The average Bonchev–Trinajstić information content (AvgIpc) is 2.83. The Morgan fingerprint density at radius 2 is 2.11 bits per heavy atom. The van der Waals surface area contributed by atoms with E-state index in [-0.39, 0.29) is 12.1 Å². The van der Waals surface area contributed by atoms with E-state index >= 15 is 0 Å². The molecule has 3 nitrogen and oxygen atoms in total. The summed E-state index contributed by atoms with van der Waals surface area (Å²) in [6.45, 7) is 9.67. The van der Waals surface area contributed by atoms with Gasteiger partial charge < -0.3 is 10.5 Å². The van der Waals surface area contributed by atoms with Gasteiger partial charge in [0.05, 0.1) is 17.0 Å². The molecule has 0 amide bonds. The number of likely N-dealkylation sites (N-methyl/N-ethyl adjacent to an activating group) is 1. The zero-order chi connectivity index (χ0) is 14.3. The van der Waals surface area contributed by atoms with Crippen molar-refractivity contribution in [2.45, 2.75) is 39.3 Å². The van der Waals surface area contributed by atoms with E-state index in [4.69, 9.17) is 22.1 Å². The third-order valence-electron chi connectivity index (χ3n) is 3.29. The van der Waals surface area contributed by atoms with Crippen LogP contribution < -0.4 is 5.73 Å². The molecule has 1 aromatic rings. The van der Waals surface area contributed by atoms with Gasteiger partial charge in [-0.25, -0.2) is 0 Å². The summed E-state index contributed by atoms with van der Waals surface area (Å²) in [5.74, 6) is 0. The van der Waals surface area contributed by atoms with E-state index in [1.807, 2.05) is 13.0 Å². The number of thiophene rings is 1. The fourth-order valence-electron chi connectivity index (χ4n) is 2.19. The average molecular weight is 305 g/mol.